The van der Waals surface area contributed by atoms with Crippen molar-refractivity contribution in [2.45, 2.75) is 33.7 Å². The number of rotatable bonds is 3. The summed E-state index contributed by atoms with van der Waals surface area (Å²) in [5.41, 5.74) is 5.07. The van der Waals surface area contributed by atoms with Gasteiger partial charge in [-0.15, -0.1) is 0 Å². The van der Waals surface area contributed by atoms with Gasteiger partial charge in [-0.05, 0) is 45.4 Å². The van der Waals surface area contributed by atoms with E-state index in [4.69, 9.17) is 5.26 Å². The van der Waals surface area contributed by atoms with Crippen molar-refractivity contribution in [3.8, 4) is 6.07 Å². The van der Waals surface area contributed by atoms with Crippen LogP contribution < -0.4 is 5.32 Å². The summed E-state index contributed by atoms with van der Waals surface area (Å²) in [7, 11) is 0. The van der Waals surface area contributed by atoms with Gasteiger partial charge in [-0.3, -0.25) is 0 Å². The van der Waals surface area contributed by atoms with E-state index in [0.717, 1.165) is 5.56 Å². The van der Waals surface area contributed by atoms with Crippen LogP contribution in [0.4, 0.5) is 10.1 Å². The van der Waals surface area contributed by atoms with Crippen molar-refractivity contribution >= 4 is 5.69 Å². The first-order valence-corrected chi connectivity index (χ1v) is 6.95. The lowest BCUT2D eigenvalue weighted by Gasteiger charge is -2.19. The number of anilines is 1. The molecular weight excluding hydrogens is 263 g/mol. The monoisotopic (exact) mass is 282 g/mol. The summed E-state index contributed by atoms with van der Waals surface area (Å²) in [4.78, 5) is 0. The molecule has 2 rings (SSSR count). The highest BCUT2D eigenvalue weighted by Crippen LogP contribution is 2.26. The minimum atomic E-state index is -0.357. The third-order valence-corrected chi connectivity index (χ3v) is 3.59. The maximum atomic E-state index is 13.8. The third kappa shape index (κ3) is 3.41. The zero-order valence-corrected chi connectivity index (χ0v) is 12.8. The molecule has 0 bridgehead atoms. The maximum absolute atomic E-state index is 13.8. The fourth-order valence-electron chi connectivity index (χ4n) is 2.47. The zero-order valence-electron chi connectivity index (χ0n) is 12.8. The second kappa shape index (κ2) is 5.97. The molecule has 3 heteroatoms. The second-order valence-electron chi connectivity index (χ2n) is 5.53. The third-order valence-electron chi connectivity index (χ3n) is 3.59. The molecule has 0 aromatic heterocycles. The average Bonchev–Trinajstić information content (AvgIpc) is 2.42. The number of aryl methyl sites for hydroxylation is 2. The molecule has 1 N–H and O–H groups in total. The number of hydrogen-bond acceptors (Lipinski definition) is 2. The van der Waals surface area contributed by atoms with Gasteiger partial charge in [0.25, 0.3) is 0 Å². The number of benzene rings is 2. The summed E-state index contributed by atoms with van der Waals surface area (Å²) in [6.45, 7) is 7.87. The summed E-state index contributed by atoms with van der Waals surface area (Å²) >= 11 is 0. The maximum Gasteiger partial charge on any atom is 0.129 e. The van der Waals surface area contributed by atoms with E-state index in [0.29, 0.717) is 16.8 Å². The van der Waals surface area contributed by atoms with Crippen molar-refractivity contribution in [3.05, 3.63) is 64.0 Å². The van der Waals surface area contributed by atoms with Crippen molar-refractivity contribution in [3.63, 3.8) is 0 Å². The number of halogens is 1. The normalized spacial score (nSPS) is 11.8. The van der Waals surface area contributed by atoms with E-state index in [1.165, 1.54) is 17.2 Å². The van der Waals surface area contributed by atoms with Crippen LogP contribution in [0.15, 0.2) is 30.3 Å². The minimum Gasteiger partial charge on any atom is -0.378 e. The molecule has 0 fully saturated rings. The highest BCUT2D eigenvalue weighted by Gasteiger charge is 2.11. The van der Waals surface area contributed by atoms with Gasteiger partial charge in [0.2, 0.25) is 0 Å². The van der Waals surface area contributed by atoms with Crippen LogP contribution in [0.5, 0.6) is 0 Å². The van der Waals surface area contributed by atoms with Crippen LogP contribution in [0.1, 0.15) is 40.8 Å². The number of nitrogens with one attached hydrogen (secondary N) is 1. The van der Waals surface area contributed by atoms with E-state index in [-0.39, 0.29) is 11.9 Å². The molecule has 2 nitrogen and oxygen atoms in total. The van der Waals surface area contributed by atoms with Crippen LogP contribution in [-0.4, -0.2) is 0 Å². The van der Waals surface area contributed by atoms with Crippen LogP contribution in [0.3, 0.4) is 0 Å². The summed E-state index contributed by atoms with van der Waals surface area (Å²) in [6, 6.07) is 11.3. The molecule has 0 aliphatic rings. The molecule has 0 amide bonds. The predicted octanol–water partition coefficient (Wildman–Crippen LogP) is 4.80. The molecule has 0 heterocycles. The Kier molecular flexibility index (Phi) is 4.28. The molecule has 21 heavy (non-hydrogen) atoms. The van der Waals surface area contributed by atoms with Crippen molar-refractivity contribution in [1.29, 1.82) is 5.26 Å². The number of nitrogens with zero attached hydrogens (tertiary/aromatic N) is 1. The molecule has 0 radical (unpaired) electrons. The van der Waals surface area contributed by atoms with Crippen molar-refractivity contribution < 1.29 is 4.39 Å². The number of nitriles is 1. The van der Waals surface area contributed by atoms with Gasteiger partial charge < -0.3 is 5.32 Å². The Morgan fingerprint density at radius 3 is 2.24 bits per heavy atom. The van der Waals surface area contributed by atoms with E-state index in [1.807, 2.05) is 13.0 Å². The lowest BCUT2D eigenvalue weighted by atomic mass is 10.0. The molecule has 0 saturated heterocycles. The summed E-state index contributed by atoms with van der Waals surface area (Å²) in [5.74, 6) is -0.357. The second-order valence-corrected chi connectivity index (χ2v) is 5.53. The lowest BCUT2D eigenvalue weighted by molar-refractivity contribution is 0.618. The van der Waals surface area contributed by atoms with Gasteiger partial charge in [0.1, 0.15) is 5.82 Å². The van der Waals surface area contributed by atoms with Gasteiger partial charge in [-0.2, -0.15) is 5.26 Å². The molecular formula is C18H19FN2. The van der Waals surface area contributed by atoms with Crippen LogP contribution in [0.25, 0.3) is 0 Å². The topological polar surface area (TPSA) is 35.8 Å². The average molecular weight is 282 g/mol. The molecule has 0 saturated carbocycles. The molecule has 0 spiro atoms. The van der Waals surface area contributed by atoms with E-state index < -0.39 is 0 Å². The van der Waals surface area contributed by atoms with E-state index >= 15 is 0 Å². The van der Waals surface area contributed by atoms with Gasteiger partial charge >= 0.3 is 0 Å². The molecule has 108 valence electrons. The van der Waals surface area contributed by atoms with Crippen molar-refractivity contribution in [1.82, 2.24) is 0 Å². The lowest BCUT2D eigenvalue weighted by Crippen LogP contribution is -2.09. The molecule has 1 unspecified atom stereocenters. The molecule has 1 atom stereocenters. The number of hydrogen-bond donors (Lipinski definition) is 1. The Labute approximate surface area is 125 Å². The van der Waals surface area contributed by atoms with Gasteiger partial charge in [0, 0.05) is 17.3 Å². The first kappa shape index (κ1) is 15.1. The summed E-state index contributed by atoms with van der Waals surface area (Å²) in [6.07, 6.45) is 0. The van der Waals surface area contributed by atoms with Gasteiger partial charge in [-0.25, -0.2) is 4.39 Å². The van der Waals surface area contributed by atoms with Crippen LogP contribution in [0.2, 0.25) is 0 Å². The summed E-state index contributed by atoms with van der Waals surface area (Å²) in [5, 5.41) is 12.3. The first-order valence-electron chi connectivity index (χ1n) is 6.95. The molecule has 0 aliphatic carbocycles. The highest BCUT2D eigenvalue weighted by atomic mass is 19.1. The Morgan fingerprint density at radius 1 is 1.05 bits per heavy atom. The van der Waals surface area contributed by atoms with Crippen LogP contribution >= 0.6 is 0 Å². The fourth-order valence-corrected chi connectivity index (χ4v) is 2.47. The SMILES string of the molecule is Cc1cc(C)cc(C(C)Nc2cc(C#N)cc(F)c2C)c1. The smallest absolute Gasteiger partial charge is 0.129 e. The Morgan fingerprint density at radius 2 is 1.67 bits per heavy atom. The van der Waals surface area contributed by atoms with E-state index in [2.05, 4.69) is 37.4 Å². The largest absolute Gasteiger partial charge is 0.378 e. The molecule has 2 aromatic carbocycles. The predicted molar refractivity (Wildman–Crippen MR) is 83.8 cm³/mol. The zero-order chi connectivity index (χ0) is 15.6. The van der Waals surface area contributed by atoms with Gasteiger partial charge in [-0.1, -0.05) is 29.3 Å². The van der Waals surface area contributed by atoms with Crippen molar-refractivity contribution in [2.24, 2.45) is 0 Å². The van der Waals surface area contributed by atoms with E-state index in [9.17, 15) is 4.39 Å². The van der Waals surface area contributed by atoms with Gasteiger partial charge in [0.15, 0.2) is 0 Å². The van der Waals surface area contributed by atoms with Gasteiger partial charge in [0.05, 0.1) is 11.6 Å². The highest BCUT2D eigenvalue weighted by molar-refractivity contribution is 5.57. The Hall–Kier alpha value is -2.34. The molecule has 0 aliphatic heterocycles. The minimum absolute atomic E-state index is 0.0376. The van der Waals surface area contributed by atoms with Crippen LogP contribution in [0, 0.1) is 37.9 Å². The fraction of sp³-hybridized carbons (Fsp3) is 0.278. The Balaban J connectivity index is 2.33. The van der Waals surface area contributed by atoms with Crippen molar-refractivity contribution in [2.75, 3.05) is 5.32 Å². The molecule has 2 aromatic rings. The standard InChI is InChI=1S/C18H19FN2/c1-11-5-12(2)7-16(6-11)14(4)21-18-9-15(10-20)8-17(19)13(18)3/h5-9,14,21H,1-4H3. The van der Waals surface area contributed by atoms with Crippen LogP contribution in [-0.2, 0) is 0 Å². The van der Waals surface area contributed by atoms with E-state index in [1.54, 1.807) is 13.0 Å². The quantitative estimate of drug-likeness (QED) is 0.878. The first-order chi connectivity index (χ1) is 9.90. The Bertz CT molecular complexity index is 694. The summed E-state index contributed by atoms with van der Waals surface area (Å²) < 4.78 is 13.8.